The lowest BCUT2D eigenvalue weighted by Gasteiger charge is -2.19. The van der Waals surface area contributed by atoms with Gasteiger partial charge in [0.2, 0.25) is 0 Å². The van der Waals surface area contributed by atoms with Crippen LogP contribution in [0.5, 0.6) is 0 Å². The molecule has 0 aliphatic carbocycles. The summed E-state index contributed by atoms with van der Waals surface area (Å²) in [6, 6.07) is 3.79. The quantitative estimate of drug-likeness (QED) is 0.718. The van der Waals surface area contributed by atoms with Gasteiger partial charge in [0.15, 0.2) is 0 Å². The zero-order chi connectivity index (χ0) is 12.7. The Morgan fingerprint density at radius 2 is 2.41 bits per heavy atom. The Kier molecular flexibility index (Phi) is 4.95. The highest BCUT2D eigenvalue weighted by Crippen LogP contribution is 2.16. The zero-order valence-electron chi connectivity index (χ0n) is 10.0. The summed E-state index contributed by atoms with van der Waals surface area (Å²) < 4.78 is 4.56. The molecule has 0 N–H and O–H groups in total. The van der Waals surface area contributed by atoms with E-state index in [2.05, 4.69) is 15.8 Å². The van der Waals surface area contributed by atoms with Crippen molar-refractivity contribution in [2.75, 3.05) is 25.6 Å². The molecule has 0 bridgehead atoms. The minimum Gasteiger partial charge on any atom is -0.469 e. The van der Waals surface area contributed by atoms with E-state index in [-0.39, 0.29) is 5.97 Å². The van der Waals surface area contributed by atoms with Crippen molar-refractivity contribution in [2.24, 2.45) is 0 Å². The summed E-state index contributed by atoms with van der Waals surface area (Å²) in [5.74, 6) is -0.218. The van der Waals surface area contributed by atoms with Crippen molar-refractivity contribution in [3.63, 3.8) is 0 Å². The van der Waals surface area contributed by atoms with Crippen LogP contribution in [0.3, 0.4) is 0 Å². The van der Waals surface area contributed by atoms with E-state index in [1.807, 2.05) is 11.9 Å². The Morgan fingerprint density at radius 1 is 1.65 bits per heavy atom. The van der Waals surface area contributed by atoms with E-state index in [0.717, 1.165) is 5.69 Å². The lowest BCUT2D eigenvalue weighted by atomic mass is 10.2. The number of rotatable bonds is 5. The Balaban J connectivity index is 2.55. The second-order valence-corrected chi connectivity index (χ2v) is 3.61. The maximum atomic E-state index is 10.9. The molecule has 0 aliphatic heterocycles. The number of methoxy groups -OCH3 is 1. The van der Waals surface area contributed by atoms with Crippen molar-refractivity contribution >= 4 is 11.7 Å². The van der Waals surface area contributed by atoms with E-state index in [1.54, 1.807) is 18.5 Å². The van der Waals surface area contributed by atoms with Crippen LogP contribution in [0.1, 0.15) is 18.4 Å². The van der Waals surface area contributed by atoms with Gasteiger partial charge in [0.1, 0.15) is 6.07 Å². The number of nitriles is 1. The summed E-state index contributed by atoms with van der Waals surface area (Å²) >= 11 is 0. The van der Waals surface area contributed by atoms with Crippen LogP contribution in [0, 0.1) is 11.3 Å². The molecule has 0 spiro atoms. The number of nitrogens with zero attached hydrogens (tertiary/aromatic N) is 3. The second-order valence-electron chi connectivity index (χ2n) is 3.61. The molecule has 0 aliphatic rings. The van der Waals surface area contributed by atoms with Crippen LogP contribution in [-0.2, 0) is 9.53 Å². The fraction of sp³-hybridized carbons (Fsp3) is 0.417. The van der Waals surface area contributed by atoms with Gasteiger partial charge in [0, 0.05) is 26.2 Å². The fourth-order valence-corrected chi connectivity index (χ4v) is 1.47. The van der Waals surface area contributed by atoms with Gasteiger partial charge >= 0.3 is 5.97 Å². The van der Waals surface area contributed by atoms with Gasteiger partial charge in [-0.05, 0) is 12.5 Å². The largest absolute Gasteiger partial charge is 0.469 e. The summed E-state index contributed by atoms with van der Waals surface area (Å²) in [7, 11) is 3.25. The molecule has 1 heterocycles. The van der Waals surface area contributed by atoms with Crippen molar-refractivity contribution < 1.29 is 9.53 Å². The molecule has 5 nitrogen and oxygen atoms in total. The van der Waals surface area contributed by atoms with Gasteiger partial charge in [-0.3, -0.25) is 9.78 Å². The van der Waals surface area contributed by atoms with Crippen LogP contribution < -0.4 is 4.90 Å². The predicted octanol–water partition coefficient (Wildman–Crippen LogP) is 1.34. The number of ether oxygens (including phenoxy) is 1. The van der Waals surface area contributed by atoms with E-state index in [0.29, 0.717) is 24.9 Å². The summed E-state index contributed by atoms with van der Waals surface area (Å²) in [5.41, 5.74) is 1.36. The summed E-state index contributed by atoms with van der Waals surface area (Å²) in [5, 5.41) is 8.94. The minimum absolute atomic E-state index is 0.218. The monoisotopic (exact) mass is 233 g/mol. The van der Waals surface area contributed by atoms with Crippen LogP contribution in [0.4, 0.5) is 5.69 Å². The third kappa shape index (κ3) is 3.76. The van der Waals surface area contributed by atoms with Gasteiger partial charge in [0.25, 0.3) is 0 Å². The number of anilines is 1. The first-order chi connectivity index (χ1) is 8.19. The Hall–Kier alpha value is -2.09. The highest BCUT2D eigenvalue weighted by Gasteiger charge is 2.08. The van der Waals surface area contributed by atoms with Crippen molar-refractivity contribution in [3.05, 3.63) is 24.0 Å². The van der Waals surface area contributed by atoms with E-state index < -0.39 is 0 Å². The standard InChI is InChI=1S/C12H15N3O2/c1-15(7-3-4-12(16)17-2)11-9-14-6-5-10(11)8-13/h5-6,9H,3-4,7H2,1-2H3. The molecule has 0 radical (unpaired) electrons. The molecular formula is C12H15N3O2. The molecule has 0 fully saturated rings. The fourth-order valence-electron chi connectivity index (χ4n) is 1.47. The normalized spacial score (nSPS) is 9.47. The SMILES string of the molecule is COC(=O)CCCN(C)c1cnccc1C#N. The van der Waals surface area contributed by atoms with Gasteiger partial charge in [0.05, 0.1) is 24.6 Å². The van der Waals surface area contributed by atoms with Crippen LogP contribution in [-0.4, -0.2) is 31.7 Å². The van der Waals surface area contributed by atoms with Crippen molar-refractivity contribution in [1.29, 1.82) is 5.26 Å². The Bertz CT molecular complexity index is 426. The van der Waals surface area contributed by atoms with Gasteiger partial charge < -0.3 is 9.64 Å². The average Bonchev–Trinajstić information content (AvgIpc) is 2.38. The number of hydrogen-bond donors (Lipinski definition) is 0. The second kappa shape index (κ2) is 6.48. The number of pyridine rings is 1. The first kappa shape index (κ1) is 13.0. The topological polar surface area (TPSA) is 66.2 Å². The first-order valence-corrected chi connectivity index (χ1v) is 5.31. The Labute approximate surface area is 101 Å². The lowest BCUT2D eigenvalue weighted by molar-refractivity contribution is -0.140. The number of esters is 1. The third-order valence-electron chi connectivity index (χ3n) is 2.43. The van der Waals surface area contributed by atoms with Crippen molar-refractivity contribution in [2.45, 2.75) is 12.8 Å². The molecule has 5 heteroatoms. The number of hydrogen-bond acceptors (Lipinski definition) is 5. The summed E-state index contributed by atoms with van der Waals surface area (Å²) in [4.78, 5) is 16.8. The van der Waals surface area contributed by atoms with Crippen molar-refractivity contribution in [3.8, 4) is 6.07 Å². The van der Waals surface area contributed by atoms with E-state index in [9.17, 15) is 4.79 Å². The van der Waals surface area contributed by atoms with Crippen LogP contribution in [0.2, 0.25) is 0 Å². The van der Waals surface area contributed by atoms with E-state index in [1.165, 1.54) is 7.11 Å². The number of carbonyl (C=O) groups excluding carboxylic acids is 1. The number of carbonyl (C=O) groups is 1. The third-order valence-corrected chi connectivity index (χ3v) is 2.43. The van der Waals surface area contributed by atoms with Gasteiger partial charge in [-0.1, -0.05) is 0 Å². The van der Waals surface area contributed by atoms with Gasteiger partial charge in [-0.15, -0.1) is 0 Å². The average molecular weight is 233 g/mol. The highest BCUT2D eigenvalue weighted by atomic mass is 16.5. The van der Waals surface area contributed by atoms with Crippen LogP contribution in [0.25, 0.3) is 0 Å². The van der Waals surface area contributed by atoms with E-state index >= 15 is 0 Å². The highest BCUT2D eigenvalue weighted by molar-refractivity contribution is 5.69. The smallest absolute Gasteiger partial charge is 0.305 e. The first-order valence-electron chi connectivity index (χ1n) is 5.31. The van der Waals surface area contributed by atoms with Crippen LogP contribution >= 0.6 is 0 Å². The summed E-state index contributed by atoms with van der Waals surface area (Å²) in [6.07, 6.45) is 4.30. The maximum Gasteiger partial charge on any atom is 0.305 e. The predicted molar refractivity (Wildman–Crippen MR) is 63.5 cm³/mol. The zero-order valence-corrected chi connectivity index (χ0v) is 10.0. The van der Waals surface area contributed by atoms with E-state index in [4.69, 9.17) is 5.26 Å². The van der Waals surface area contributed by atoms with Gasteiger partial charge in [-0.25, -0.2) is 0 Å². The lowest BCUT2D eigenvalue weighted by Crippen LogP contribution is -2.20. The molecule has 1 aromatic rings. The Morgan fingerprint density at radius 3 is 3.06 bits per heavy atom. The molecule has 17 heavy (non-hydrogen) atoms. The van der Waals surface area contributed by atoms with Crippen molar-refractivity contribution in [1.82, 2.24) is 4.98 Å². The molecule has 0 unspecified atom stereocenters. The molecule has 0 aromatic carbocycles. The molecule has 0 saturated carbocycles. The summed E-state index contributed by atoms with van der Waals surface area (Å²) in [6.45, 7) is 0.676. The number of aromatic nitrogens is 1. The molecule has 1 aromatic heterocycles. The van der Waals surface area contributed by atoms with Gasteiger partial charge in [-0.2, -0.15) is 5.26 Å². The molecule has 0 atom stereocenters. The maximum absolute atomic E-state index is 10.9. The molecule has 90 valence electrons. The molecule has 0 amide bonds. The minimum atomic E-state index is -0.218. The van der Waals surface area contributed by atoms with Crippen LogP contribution in [0.15, 0.2) is 18.5 Å². The molecular weight excluding hydrogens is 218 g/mol. The molecule has 0 saturated heterocycles. The molecule has 1 rings (SSSR count).